The zero-order valence-electron chi connectivity index (χ0n) is 11.8. The van der Waals surface area contributed by atoms with Crippen molar-refractivity contribution in [2.45, 2.75) is 13.3 Å². The van der Waals surface area contributed by atoms with Crippen LogP contribution in [0.3, 0.4) is 0 Å². The van der Waals surface area contributed by atoms with Gasteiger partial charge in [-0.3, -0.25) is 9.78 Å². The Morgan fingerprint density at radius 1 is 1.32 bits per heavy atom. The predicted octanol–water partition coefficient (Wildman–Crippen LogP) is 0.176. The van der Waals surface area contributed by atoms with E-state index in [1.807, 2.05) is 25.9 Å². The molecule has 7 nitrogen and oxygen atoms in total. The highest BCUT2D eigenvalue weighted by Gasteiger charge is 2.17. The molecule has 0 saturated heterocycles. The first-order valence-electron chi connectivity index (χ1n) is 6.31. The van der Waals surface area contributed by atoms with Gasteiger partial charge in [-0.2, -0.15) is 0 Å². The molecule has 1 heterocycles. The van der Waals surface area contributed by atoms with Crippen molar-refractivity contribution in [1.29, 1.82) is 0 Å². The van der Waals surface area contributed by atoms with Crippen LogP contribution < -0.4 is 11.3 Å². The minimum Gasteiger partial charge on any atom is -0.336 e. The van der Waals surface area contributed by atoms with Crippen molar-refractivity contribution in [2.24, 2.45) is 5.84 Å². The number of nitrogens with one attached hydrogen (secondary N) is 1. The molecule has 0 unspecified atom stereocenters. The fourth-order valence-electron chi connectivity index (χ4n) is 1.61. The average Bonchev–Trinajstić information content (AvgIpc) is 2.42. The van der Waals surface area contributed by atoms with Gasteiger partial charge in [-0.05, 0) is 20.5 Å². The number of hydrazine groups is 1. The molecule has 0 spiro atoms. The summed E-state index contributed by atoms with van der Waals surface area (Å²) in [6.45, 7) is 4.23. The number of nitrogen functional groups attached to an aromatic ring is 1. The van der Waals surface area contributed by atoms with Crippen LogP contribution in [0.25, 0.3) is 0 Å². The third-order valence-corrected chi connectivity index (χ3v) is 2.60. The fraction of sp³-hybridized carbons (Fsp3) is 0.583. The summed E-state index contributed by atoms with van der Waals surface area (Å²) in [5.41, 5.74) is 2.70. The lowest BCUT2D eigenvalue weighted by Crippen LogP contribution is -2.37. The molecule has 1 rings (SSSR count). The molecule has 0 aliphatic heterocycles. The maximum absolute atomic E-state index is 12.4. The van der Waals surface area contributed by atoms with E-state index >= 15 is 0 Å². The van der Waals surface area contributed by atoms with E-state index in [2.05, 4.69) is 15.4 Å². The molecule has 0 bridgehead atoms. The van der Waals surface area contributed by atoms with Crippen molar-refractivity contribution in [1.82, 2.24) is 19.8 Å². The standard InChI is InChI=1S/C12H22N6O/c1-4-5-18(7-6-17(2)3)12(19)10-8-14-9-11(15-10)16-13/h8-9H,4-7,13H2,1-3H3,(H,15,16). The molecule has 1 amide bonds. The highest BCUT2D eigenvalue weighted by Crippen LogP contribution is 2.05. The minimum absolute atomic E-state index is 0.117. The van der Waals surface area contributed by atoms with Crippen LogP contribution >= 0.6 is 0 Å². The van der Waals surface area contributed by atoms with Crippen LogP contribution in [0.15, 0.2) is 12.4 Å². The van der Waals surface area contributed by atoms with Gasteiger partial charge in [-0.1, -0.05) is 6.92 Å². The van der Waals surface area contributed by atoms with Gasteiger partial charge in [0.15, 0.2) is 5.82 Å². The number of amides is 1. The van der Waals surface area contributed by atoms with Gasteiger partial charge in [0, 0.05) is 19.6 Å². The monoisotopic (exact) mass is 266 g/mol. The second kappa shape index (κ2) is 7.65. The smallest absolute Gasteiger partial charge is 0.274 e. The Hall–Kier alpha value is -1.73. The average molecular weight is 266 g/mol. The number of nitrogens with zero attached hydrogens (tertiary/aromatic N) is 4. The summed E-state index contributed by atoms with van der Waals surface area (Å²) in [7, 11) is 3.96. The Kier molecular flexibility index (Phi) is 6.17. The van der Waals surface area contributed by atoms with Crippen LogP contribution in [0.1, 0.15) is 23.8 Å². The van der Waals surface area contributed by atoms with Gasteiger partial charge in [0.05, 0.1) is 12.4 Å². The van der Waals surface area contributed by atoms with E-state index in [1.165, 1.54) is 12.4 Å². The topological polar surface area (TPSA) is 87.4 Å². The second-order valence-electron chi connectivity index (χ2n) is 4.53. The van der Waals surface area contributed by atoms with Crippen molar-refractivity contribution >= 4 is 11.7 Å². The van der Waals surface area contributed by atoms with Crippen molar-refractivity contribution < 1.29 is 4.79 Å². The zero-order chi connectivity index (χ0) is 14.3. The van der Waals surface area contributed by atoms with Gasteiger partial charge in [-0.25, -0.2) is 10.8 Å². The summed E-state index contributed by atoms with van der Waals surface area (Å²) >= 11 is 0. The minimum atomic E-state index is -0.117. The van der Waals surface area contributed by atoms with E-state index < -0.39 is 0 Å². The number of carbonyl (C=O) groups is 1. The second-order valence-corrected chi connectivity index (χ2v) is 4.53. The Labute approximate surface area is 113 Å². The van der Waals surface area contributed by atoms with E-state index in [9.17, 15) is 4.79 Å². The first-order chi connectivity index (χ1) is 9.08. The van der Waals surface area contributed by atoms with E-state index in [0.717, 1.165) is 13.0 Å². The highest BCUT2D eigenvalue weighted by atomic mass is 16.2. The molecule has 0 aliphatic carbocycles. The van der Waals surface area contributed by atoms with Crippen LogP contribution in [0.2, 0.25) is 0 Å². The van der Waals surface area contributed by atoms with Crippen molar-refractivity contribution in [3.8, 4) is 0 Å². The molecular formula is C12H22N6O. The lowest BCUT2D eigenvalue weighted by molar-refractivity contribution is 0.0738. The van der Waals surface area contributed by atoms with Crippen LogP contribution in [-0.2, 0) is 0 Å². The number of hydrogen-bond acceptors (Lipinski definition) is 6. The number of anilines is 1. The lowest BCUT2D eigenvalue weighted by Gasteiger charge is -2.23. The van der Waals surface area contributed by atoms with Crippen LogP contribution in [0.4, 0.5) is 5.82 Å². The summed E-state index contributed by atoms with van der Waals surface area (Å²) in [5, 5.41) is 0. The molecular weight excluding hydrogens is 244 g/mol. The summed E-state index contributed by atoms with van der Waals surface area (Å²) in [4.78, 5) is 24.2. The van der Waals surface area contributed by atoms with Crippen LogP contribution in [0.5, 0.6) is 0 Å². The molecule has 0 fully saturated rings. The van der Waals surface area contributed by atoms with Crippen molar-refractivity contribution in [2.75, 3.05) is 39.2 Å². The molecule has 19 heavy (non-hydrogen) atoms. The van der Waals surface area contributed by atoms with E-state index in [0.29, 0.717) is 24.6 Å². The molecule has 3 N–H and O–H groups in total. The third kappa shape index (κ3) is 4.80. The Bertz CT molecular complexity index is 409. The summed E-state index contributed by atoms with van der Waals surface area (Å²) in [6.07, 6.45) is 3.84. The molecule has 0 saturated carbocycles. The van der Waals surface area contributed by atoms with Crippen LogP contribution in [-0.4, -0.2) is 59.4 Å². The van der Waals surface area contributed by atoms with E-state index in [-0.39, 0.29) is 5.91 Å². The van der Waals surface area contributed by atoms with Gasteiger partial charge < -0.3 is 15.2 Å². The van der Waals surface area contributed by atoms with Gasteiger partial charge in [0.2, 0.25) is 0 Å². The lowest BCUT2D eigenvalue weighted by atomic mass is 10.3. The molecule has 7 heteroatoms. The Balaban J connectivity index is 2.79. The van der Waals surface area contributed by atoms with Gasteiger partial charge >= 0.3 is 0 Å². The number of nitrogens with two attached hydrogens (primary N) is 1. The Morgan fingerprint density at radius 3 is 2.63 bits per heavy atom. The fourth-order valence-corrected chi connectivity index (χ4v) is 1.61. The summed E-state index contributed by atoms with van der Waals surface area (Å²) < 4.78 is 0. The van der Waals surface area contributed by atoms with Crippen LogP contribution in [0, 0.1) is 0 Å². The number of rotatable bonds is 7. The van der Waals surface area contributed by atoms with E-state index in [1.54, 1.807) is 4.90 Å². The Morgan fingerprint density at radius 2 is 2.05 bits per heavy atom. The zero-order valence-corrected chi connectivity index (χ0v) is 11.8. The predicted molar refractivity (Wildman–Crippen MR) is 74.6 cm³/mol. The van der Waals surface area contributed by atoms with Gasteiger partial charge in [-0.15, -0.1) is 0 Å². The number of likely N-dealkylation sites (N-methyl/N-ethyl adjacent to an activating group) is 1. The first kappa shape index (κ1) is 15.3. The molecule has 0 aromatic carbocycles. The quantitative estimate of drug-likeness (QED) is 0.540. The van der Waals surface area contributed by atoms with E-state index in [4.69, 9.17) is 5.84 Å². The van der Waals surface area contributed by atoms with Crippen molar-refractivity contribution in [3.63, 3.8) is 0 Å². The largest absolute Gasteiger partial charge is 0.336 e. The SMILES string of the molecule is CCCN(CCN(C)C)C(=O)c1cncc(NN)n1. The summed E-state index contributed by atoms with van der Waals surface area (Å²) in [6, 6.07) is 0. The number of aromatic nitrogens is 2. The third-order valence-electron chi connectivity index (χ3n) is 2.60. The molecule has 1 aromatic rings. The van der Waals surface area contributed by atoms with Gasteiger partial charge in [0.1, 0.15) is 5.69 Å². The first-order valence-corrected chi connectivity index (χ1v) is 6.31. The molecule has 0 radical (unpaired) electrons. The number of hydrogen-bond donors (Lipinski definition) is 2. The molecule has 0 aliphatic rings. The molecule has 106 valence electrons. The molecule has 0 atom stereocenters. The summed E-state index contributed by atoms with van der Waals surface area (Å²) in [5.74, 6) is 5.53. The maximum Gasteiger partial charge on any atom is 0.274 e. The maximum atomic E-state index is 12.4. The normalized spacial score (nSPS) is 10.6. The van der Waals surface area contributed by atoms with Crippen molar-refractivity contribution in [3.05, 3.63) is 18.1 Å². The highest BCUT2D eigenvalue weighted by molar-refractivity contribution is 5.92. The number of carbonyl (C=O) groups excluding carboxylic acids is 1. The van der Waals surface area contributed by atoms with Gasteiger partial charge in [0.25, 0.3) is 5.91 Å². The molecule has 1 aromatic heterocycles.